The van der Waals surface area contributed by atoms with Gasteiger partial charge in [0.05, 0.1) is 0 Å². The number of hydrogen-bond donors (Lipinski definition) is 1. The average molecular weight is 400 g/mol. The molecule has 1 rings (SSSR count). The van der Waals surface area contributed by atoms with Crippen LogP contribution in [0.4, 0.5) is 0 Å². The van der Waals surface area contributed by atoms with E-state index in [1.165, 1.54) is 32.1 Å². The Hall–Kier alpha value is 0.469. The van der Waals surface area contributed by atoms with Gasteiger partial charge in [-0.25, -0.2) is 0 Å². The maximum atomic E-state index is 11.7. The summed E-state index contributed by atoms with van der Waals surface area (Å²) in [6, 6.07) is 0. The van der Waals surface area contributed by atoms with Crippen LogP contribution in [0.15, 0.2) is 0 Å². The Bertz CT molecular complexity index is 249. The van der Waals surface area contributed by atoms with Crippen molar-refractivity contribution in [3.63, 3.8) is 0 Å². The molecule has 0 aromatic carbocycles. The molecule has 1 saturated heterocycles. The van der Waals surface area contributed by atoms with Gasteiger partial charge in [0.15, 0.2) is 0 Å². The summed E-state index contributed by atoms with van der Waals surface area (Å²) in [4.78, 5) is 11.7. The first-order valence-corrected chi connectivity index (χ1v) is 14.1. The third-order valence-electron chi connectivity index (χ3n) is 3.25. The molecule has 1 N–H and O–H groups in total. The van der Waals surface area contributed by atoms with Gasteiger partial charge in [-0.2, -0.15) is 0 Å². The number of unbranched alkanes of at least 4 members (excludes halogenated alkanes) is 6. The van der Waals surface area contributed by atoms with E-state index in [9.17, 15) is 9.90 Å². The second-order valence-corrected chi connectivity index (χ2v) is 12.6. The van der Waals surface area contributed by atoms with E-state index >= 15 is 0 Å². The van der Waals surface area contributed by atoms with Crippen LogP contribution in [0.1, 0.15) is 58.3 Å². The predicted octanol–water partition coefficient (Wildman–Crippen LogP) is 2.57. The van der Waals surface area contributed by atoms with E-state index in [-0.39, 0.29) is 12.1 Å². The molecule has 0 unspecified atom stereocenters. The third kappa shape index (κ3) is 8.37. The Balaban J connectivity index is 1.98. The van der Waals surface area contributed by atoms with Crippen molar-refractivity contribution in [1.82, 2.24) is 0 Å². The molecule has 1 aliphatic heterocycles. The van der Waals surface area contributed by atoms with Gasteiger partial charge in [0.2, 0.25) is 0 Å². The summed E-state index contributed by atoms with van der Waals surface area (Å²) in [5, 5.41) is 11.5. The van der Waals surface area contributed by atoms with Gasteiger partial charge in [0, 0.05) is 0 Å². The van der Waals surface area contributed by atoms with Crippen LogP contribution in [-0.2, 0) is 9.53 Å². The molecule has 0 radical (unpaired) electrons. The van der Waals surface area contributed by atoms with Gasteiger partial charge >= 0.3 is 121 Å². The Morgan fingerprint density at radius 1 is 1.11 bits per heavy atom. The molecule has 1 heterocycles. The molecule has 0 aromatic heterocycles. The SMILES string of the molecule is CCCCCCCCCC(=O)O[C@@H]1C[Se][Se]C[C@H]1O. The molecule has 3 nitrogen and oxygen atoms in total. The van der Waals surface area contributed by atoms with E-state index < -0.39 is 6.10 Å². The quantitative estimate of drug-likeness (QED) is 0.368. The van der Waals surface area contributed by atoms with Crippen molar-refractivity contribution in [2.45, 2.75) is 81.1 Å². The second-order valence-electron chi connectivity index (χ2n) is 5.04. The molecule has 1 fully saturated rings. The first kappa shape index (κ1) is 17.5. The number of rotatable bonds is 9. The van der Waals surface area contributed by atoms with Crippen molar-refractivity contribution in [2.24, 2.45) is 0 Å². The normalized spacial score (nSPS) is 23.3. The summed E-state index contributed by atoms with van der Waals surface area (Å²) in [6.45, 7) is 2.22. The summed E-state index contributed by atoms with van der Waals surface area (Å²) < 4.78 is 5.39. The summed E-state index contributed by atoms with van der Waals surface area (Å²) in [5.74, 6) is -0.109. The summed E-state index contributed by atoms with van der Waals surface area (Å²) in [6.07, 6.45) is 8.42. The minimum atomic E-state index is -0.395. The molecule has 19 heavy (non-hydrogen) atoms. The molecule has 0 bridgehead atoms. The van der Waals surface area contributed by atoms with Gasteiger partial charge in [0.25, 0.3) is 0 Å². The Morgan fingerprint density at radius 3 is 2.42 bits per heavy atom. The van der Waals surface area contributed by atoms with Crippen LogP contribution in [0.3, 0.4) is 0 Å². The Kier molecular flexibility index (Phi) is 10.3. The van der Waals surface area contributed by atoms with E-state index in [0.29, 0.717) is 32.7 Å². The van der Waals surface area contributed by atoms with E-state index in [2.05, 4.69) is 6.92 Å². The topological polar surface area (TPSA) is 46.5 Å². The zero-order valence-electron chi connectivity index (χ0n) is 11.8. The molecule has 1 aliphatic rings. The first-order valence-electron chi connectivity index (χ1n) is 7.36. The van der Waals surface area contributed by atoms with E-state index in [0.717, 1.165) is 23.5 Å². The third-order valence-corrected chi connectivity index (χ3v) is 10.4. The summed E-state index contributed by atoms with van der Waals surface area (Å²) in [7, 11) is 0. The fourth-order valence-corrected chi connectivity index (χ4v) is 9.14. The zero-order chi connectivity index (χ0) is 13.9. The summed E-state index contributed by atoms with van der Waals surface area (Å²) in [5.41, 5.74) is 0. The van der Waals surface area contributed by atoms with Gasteiger partial charge < -0.3 is 0 Å². The number of carbonyl (C=O) groups excluding carboxylic acids is 1. The fourth-order valence-electron chi connectivity index (χ4n) is 2.02. The Morgan fingerprint density at radius 2 is 1.74 bits per heavy atom. The van der Waals surface area contributed by atoms with E-state index in [1.807, 2.05) is 0 Å². The van der Waals surface area contributed by atoms with Crippen molar-refractivity contribution >= 4 is 32.2 Å². The molecule has 2 atom stereocenters. The van der Waals surface area contributed by atoms with Crippen molar-refractivity contribution < 1.29 is 14.6 Å². The van der Waals surface area contributed by atoms with E-state index in [4.69, 9.17) is 4.74 Å². The predicted molar refractivity (Wildman–Crippen MR) is 79.6 cm³/mol. The van der Waals surface area contributed by atoms with Crippen LogP contribution in [0.2, 0.25) is 10.6 Å². The number of carbonyl (C=O) groups is 1. The first-order chi connectivity index (χ1) is 9.24. The van der Waals surface area contributed by atoms with Crippen LogP contribution in [0.25, 0.3) is 0 Å². The standard InChI is InChI=1S/C14H26O3Se2/c1-2-3-4-5-6-7-8-9-14(16)17-13-11-19-18-10-12(13)15/h12-13,15H,2-11H2,1H3/t12-,13-/m1/s1. The van der Waals surface area contributed by atoms with Gasteiger partial charge in [-0.05, 0) is 0 Å². The number of esters is 1. The Labute approximate surface area is 128 Å². The van der Waals surface area contributed by atoms with Crippen LogP contribution in [-0.4, -0.2) is 49.5 Å². The molecular formula is C14H26O3Se2. The van der Waals surface area contributed by atoms with E-state index in [1.54, 1.807) is 0 Å². The minimum absolute atomic E-state index is 0.109. The van der Waals surface area contributed by atoms with Crippen molar-refractivity contribution in [3.05, 3.63) is 0 Å². The molecule has 5 heteroatoms. The summed E-state index contributed by atoms with van der Waals surface area (Å²) >= 11 is 1.21. The molecule has 0 aromatic rings. The van der Waals surface area contributed by atoms with Gasteiger partial charge in [-0.3, -0.25) is 0 Å². The van der Waals surface area contributed by atoms with Crippen molar-refractivity contribution in [1.29, 1.82) is 0 Å². The van der Waals surface area contributed by atoms with Crippen molar-refractivity contribution in [3.8, 4) is 0 Å². The zero-order valence-corrected chi connectivity index (χ0v) is 15.2. The van der Waals surface area contributed by atoms with Gasteiger partial charge in [-0.1, -0.05) is 6.92 Å². The van der Waals surface area contributed by atoms with Crippen LogP contribution < -0.4 is 0 Å². The molecule has 0 saturated carbocycles. The van der Waals surface area contributed by atoms with Crippen LogP contribution in [0.5, 0.6) is 0 Å². The fraction of sp³-hybridized carbons (Fsp3) is 0.929. The number of hydrogen-bond acceptors (Lipinski definition) is 3. The van der Waals surface area contributed by atoms with Gasteiger partial charge in [0.1, 0.15) is 0 Å². The monoisotopic (exact) mass is 402 g/mol. The maximum absolute atomic E-state index is 11.7. The van der Waals surface area contributed by atoms with Crippen molar-refractivity contribution in [2.75, 3.05) is 0 Å². The molecule has 0 spiro atoms. The molecule has 112 valence electrons. The average Bonchev–Trinajstić information content (AvgIpc) is 2.40. The molecule has 0 amide bonds. The second kappa shape index (κ2) is 11.2. The van der Waals surface area contributed by atoms with Gasteiger partial charge in [-0.15, -0.1) is 0 Å². The number of ether oxygens (including phenoxy) is 1. The van der Waals surface area contributed by atoms with Crippen LogP contribution >= 0.6 is 0 Å². The molecular weight excluding hydrogens is 374 g/mol. The molecule has 0 aliphatic carbocycles. The number of aliphatic hydroxyl groups is 1. The van der Waals surface area contributed by atoms with Crippen LogP contribution in [0, 0.1) is 0 Å². The number of aliphatic hydroxyl groups excluding tert-OH is 1.